The summed E-state index contributed by atoms with van der Waals surface area (Å²) in [6.07, 6.45) is 7.53. The van der Waals surface area contributed by atoms with Gasteiger partial charge in [-0.15, -0.1) is 4.36 Å². The van der Waals surface area contributed by atoms with Gasteiger partial charge in [0.2, 0.25) is 5.88 Å². The molecule has 0 unspecified atom stereocenters. The number of carbonyl (C=O) groups excluding carboxylic acids is 1. The molecule has 2 heterocycles. The van der Waals surface area contributed by atoms with Crippen LogP contribution in [0.3, 0.4) is 0 Å². The van der Waals surface area contributed by atoms with Crippen molar-refractivity contribution in [2.45, 2.75) is 63.3 Å². The molecular formula is C20H25N5O3S. The molecule has 0 saturated carbocycles. The Balaban J connectivity index is 1.51. The first-order valence-corrected chi connectivity index (χ1v) is 11.7. The first-order chi connectivity index (χ1) is 13.9. The van der Waals surface area contributed by atoms with Gasteiger partial charge in [-0.3, -0.25) is 0 Å². The molecule has 2 aromatic rings. The van der Waals surface area contributed by atoms with E-state index < -0.39 is 15.9 Å². The molecular weight excluding hydrogens is 390 g/mol. The standard InChI is InChI=1S/C20H25N5O3S/c1-11-10-28-19-17(9-22-25(11)19)29(21,27)24-20(26)23-18-15-7-3-5-13(15)12(2)14-6-4-8-16(14)18/h9,11H,3-8,10H2,1-2H3,(H3,21,23,24,26,27)/t11-,29+/m1/s1. The fourth-order valence-corrected chi connectivity index (χ4v) is 5.93. The van der Waals surface area contributed by atoms with Crippen molar-refractivity contribution in [3.63, 3.8) is 0 Å². The van der Waals surface area contributed by atoms with E-state index in [2.05, 4.69) is 21.7 Å². The molecule has 0 saturated heterocycles. The van der Waals surface area contributed by atoms with Crippen LogP contribution in [0.15, 0.2) is 15.5 Å². The molecule has 1 aliphatic heterocycles. The van der Waals surface area contributed by atoms with Crippen molar-refractivity contribution in [2.75, 3.05) is 11.9 Å². The molecule has 2 atom stereocenters. The third-order valence-corrected chi connectivity index (χ3v) is 7.65. The average molecular weight is 416 g/mol. The van der Waals surface area contributed by atoms with Crippen LogP contribution >= 0.6 is 0 Å². The number of nitrogens with two attached hydrogens (primary N) is 1. The van der Waals surface area contributed by atoms with Crippen molar-refractivity contribution in [3.8, 4) is 5.88 Å². The zero-order valence-electron chi connectivity index (χ0n) is 16.7. The highest BCUT2D eigenvalue weighted by Crippen LogP contribution is 2.41. The molecule has 3 aliphatic rings. The van der Waals surface area contributed by atoms with Crippen molar-refractivity contribution in [3.05, 3.63) is 34.0 Å². The number of ether oxygens (including phenoxy) is 1. The van der Waals surface area contributed by atoms with Crippen LogP contribution in [0.2, 0.25) is 0 Å². The number of urea groups is 1. The first-order valence-electron chi connectivity index (χ1n) is 10.1. The zero-order valence-corrected chi connectivity index (χ0v) is 17.5. The van der Waals surface area contributed by atoms with E-state index in [-0.39, 0.29) is 10.9 Å². The van der Waals surface area contributed by atoms with Gasteiger partial charge >= 0.3 is 6.03 Å². The molecule has 0 radical (unpaired) electrons. The Bertz CT molecular complexity index is 1120. The van der Waals surface area contributed by atoms with Crippen LogP contribution in [0.25, 0.3) is 0 Å². The summed E-state index contributed by atoms with van der Waals surface area (Å²) in [7, 11) is -3.47. The Kier molecular flexibility index (Phi) is 4.22. The minimum atomic E-state index is -3.47. The van der Waals surface area contributed by atoms with Gasteiger partial charge in [0.1, 0.15) is 11.5 Å². The molecule has 1 aromatic heterocycles. The van der Waals surface area contributed by atoms with Gasteiger partial charge in [0.25, 0.3) is 0 Å². The van der Waals surface area contributed by atoms with Gasteiger partial charge in [0.15, 0.2) is 9.92 Å². The van der Waals surface area contributed by atoms with E-state index in [9.17, 15) is 9.00 Å². The van der Waals surface area contributed by atoms with E-state index in [1.54, 1.807) is 4.68 Å². The van der Waals surface area contributed by atoms with Crippen molar-refractivity contribution in [1.82, 2.24) is 9.78 Å². The van der Waals surface area contributed by atoms with Crippen LogP contribution < -0.4 is 15.2 Å². The highest BCUT2D eigenvalue weighted by Gasteiger charge is 2.30. The van der Waals surface area contributed by atoms with E-state index in [0.717, 1.165) is 44.2 Å². The van der Waals surface area contributed by atoms with Crippen LogP contribution in [0.4, 0.5) is 10.5 Å². The van der Waals surface area contributed by atoms with E-state index in [1.807, 2.05) is 6.92 Å². The topological polar surface area (TPSA) is 112 Å². The van der Waals surface area contributed by atoms with Gasteiger partial charge < -0.3 is 10.1 Å². The Labute approximate surface area is 170 Å². The molecule has 9 heteroatoms. The molecule has 154 valence electrons. The van der Waals surface area contributed by atoms with Gasteiger partial charge in [0.05, 0.1) is 12.2 Å². The second kappa shape index (κ2) is 6.56. The van der Waals surface area contributed by atoms with Gasteiger partial charge in [-0.2, -0.15) is 5.10 Å². The fourth-order valence-electron chi connectivity index (χ4n) is 4.94. The highest BCUT2D eigenvalue weighted by molar-refractivity contribution is 7.91. The summed E-state index contributed by atoms with van der Waals surface area (Å²) in [6.45, 7) is 4.56. The minimum absolute atomic E-state index is 0.0283. The summed E-state index contributed by atoms with van der Waals surface area (Å²) >= 11 is 0. The van der Waals surface area contributed by atoms with Crippen molar-refractivity contribution >= 4 is 21.6 Å². The quantitative estimate of drug-likeness (QED) is 0.785. The average Bonchev–Trinajstić information content (AvgIpc) is 3.43. The third kappa shape index (κ3) is 2.86. The van der Waals surface area contributed by atoms with Crippen LogP contribution in [-0.4, -0.2) is 26.6 Å². The summed E-state index contributed by atoms with van der Waals surface area (Å²) in [5.41, 5.74) is 7.36. The smallest absolute Gasteiger partial charge is 0.354 e. The second-order valence-corrected chi connectivity index (χ2v) is 9.89. The van der Waals surface area contributed by atoms with Crippen LogP contribution in [0.1, 0.15) is 53.6 Å². The van der Waals surface area contributed by atoms with Crippen molar-refractivity contribution < 1.29 is 13.7 Å². The monoisotopic (exact) mass is 415 g/mol. The van der Waals surface area contributed by atoms with E-state index >= 15 is 0 Å². The number of hydrogen-bond donors (Lipinski definition) is 2. The first kappa shape index (κ1) is 18.6. The number of rotatable bonds is 2. The number of benzene rings is 1. The number of fused-ring (bicyclic) bond motifs is 3. The van der Waals surface area contributed by atoms with E-state index in [4.69, 9.17) is 9.88 Å². The Morgan fingerprint density at radius 2 is 1.86 bits per heavy atom. The molecule has 8 nitrogen and oxygen atoms in total. The molecule has 0 spiro atoms. The van der Waals surface area contributed by atoms with Crippen LogP contribution in [-0.2, 0) is 35.6 Å². The lowest BCUT2D eigenvalue weighted by atomic mass is 9.93. The predicted octanol–water partition coefficient (Wildman–Crippen LogP) is 3.06. The van der Waals surface area contributed by atoms with Gasteiger partial charge in [0, 0.05) is 5.69 Å². The summed E-state index contributed by atoms with van der Waals surface area (Å²) in [5, 5.41) is 13.1. The second-order valence-electron chi connectivity index (χ2n) is 8.13. The summed E-state index contributed by atoms with van der Waals surface area (Å²) in [6, 6.07) is -0.656. The highest BCUT2D eigenvalue weighted by atomic mass is 32.2. The maximum Gasteiger partial charge on any atom is 0.354 e. The largest absolute Gasteiger partial charge is 0.475 e. The molecule has 0 bridgehead atoms. The fraction of sp³-hybridized carbons (Fsp3) is 0.500. The van der Waals surface area contributed by atoms with Crippen LogP contribution in [0.5, 0.6) is 5.88 Å². The summed E-state index contributed by atoms with van der Waals surface area (Å²) in [5.74, 6) is 0.332. The third-order valence-electron chi connectivity index (χ3n) is 6.31. The predicted molar refractivity (Wildman–Crippen MR) is 110 cm³/mol. The van der Waals surface area contributed by atoms with Crippen molar-refractivity contribution in [2.24, 2.45) is 9.50 Å². The maximum atomic E-state index is 13.1. The minimum Gasteiger partial charge on any atom is -0.475 e. The molecule has 2 aliphatic carbocycles. The molecule has 5 rings (SSSR count). The Morgan fingerprint density at radius 3 is 2.52 bits per heavy atom. The number of amides is 2. The number of carbonyl (C=O) groups is 1. The Morgan fingerprint density at radius 1 is 1.24 bits per heavy atom. The molecule has 0 fully saturated rings. The normalized spacial score (nSPS) is 21.1. The number of nitrogens with zero attached hydrogens (tertiary/aromatic N) is 3. The van der Waals surface area contributed by atoms with E-state index in [0.29, 0.717) is 12.5 Å². The Hall–Kier alpha value is -2.39. The summed E-state index contributed by atoms with van der Waals surface area (Å²) in [4.78, 5) is 12.9. The lowest BCUT2D eigenvalue weighted by Crippen LogP contribution is -2.19. The SMILES string of the molecule is Cc1c2c(c(NC(=O)N=[S@](N)(=O)c3cnn4c3OC[C@H]4C)c3c1CCC3)CCC2. The number of hydrogen-bond acceptors (Lipinski definition) is 4. The van der Waals surface area contributed by atoms with Gasteiger partial charge in [-0.05, 0) is 80.2 Å². The molecule has 1 aromatic carbocycles. The summed E-state index contributed by atoms with van der Waals surface area (Å²) < 4.78 is 24.1. The number of anilines is 1. The zero-order chi connectivity index (χ0) is 20.3. The lowest BCUT2D eigenvalue weighted by Gasteiger charge is -2.18. The number of nitrogens with one attached hydrogen (secondary N) is 1. The molecule has 2 amide bonds. The van der Waals surface area contributed by atoms with Gasteiger partial charge in [-0.1, -0.05) is 0 Å². The van der Waals surface area contributed by atoms with Gasteiger partial charge in [-0.25, -0.2) is 18.8 Å². The lowest BCUT2D eigenvalue weighted by molar-refractivity contribution is 0.260. The van der Waals surface area contributed by atoms with Crippen LogP contribution in [0, 0.1) is 6.92 Å². The molecule has 3 N–H and O–H groups in total. The van der Waals surface area contributed by atoms with Crippen molar-refractivity contribution in [1.29, 1.82) is 0 Å². The molecule has 29 heavy (non-hydrogen) atoms. The number of aromatic nitrogens is 2. The maximum absolute atomic E-state index is 13.1. The van der Waals surface area contributed by atoms with E-state index in [1.165, 1.54) is 34.0 Å².